The summed E-state index contributed by atoms with van der Waals surface area (Å²) < 4.78 is 0. The Morgan fingerprint density at radius 2 is 1.52 bits per heavy atom. The van der Waals surface area contributed by atoms with Gasteiger partial charge in [-0.15, -0.1) is 0 Å². The average Bonchev–Trinajstić information content (AvgIpc) is 3.23. The SMILES string of the molecule is Cc1cc(NCCCN2CCCC2=O)nc(NCCCN2CCCC2=O)n1. The lowest BCUT2D eigenvalue weighted by Crippen LogP contribution is -2.27. The summed E-state index contributed by atoms with van der Waals surface area (Å²) in [6.07, 6.45) is 5.14. The van der Waals surface area contributed by atoms with E-state index in [1.807, 2.05) is 22.8 Å². The van der Waals surface area contributed by atoms with Crippen LogP contribution in [0.15, 0.2) is 6.07 Å². The van der Waals surface area contributed by atoms with Gasteiger partial charge in [0.05, 0.1) is 0 Å². The molecule has 0 atom stereocenters. The normalized spacial score (nSPS) is 17.1. The molecule has 0 saturated carbocycles. The van der Waals surface area contributed by atoms with Gasteiger partial charge in [0, 0.05) is 63.9 Å². The number of rotatable bonds is 10. The highest BCUT2D eigenvalue weighted by Crippen LogP contribution is 2.13. The standard InChI is InChI=1S/C19H30N6O2/c1-15-14-16(20-8-4-12-24-10-2-6-17(24)26)23-19(22-15)21-9-5-13-25-11-3-7-18(25)27/h14H,2-13H2,1H3,(H2,20,21,22,23). The van der Waals surface area contributed by atoms with E-state index in [4.69, 9.17) is 0 Å². The van der Waals surface area contributed by atoms with Crippen LogP contribution in [0, 0.1) is 6.92 Å². The van der Waals surface area contributed by atoms with Gasteiger partial charge in [-0.3, -0.25) is 9.59 Å². The molecule has 148 valence electrons. The minimum Gasteiger partial charge on any atom is -0.370 e. The topological polar surface area (TPSA) is 90.5 Å². The summed E-state index contributed by atoms with van der Waals surface area (Å²) in [7, 11) is 0. The maximum atomic E-state index is 11.6. The highest BCUT2D eigenvalue weighted by Gasteiger charge is 2.19. The van der Waals surface area contributed by atoms with Crippen molar-refractivity contribution in [3.05, 3.63) is 11.8 Å². The van der Waals surface area contributed by atoms with Crippen molar-refractivity contribution in [2.45, 2.75) is 45.4 Å². The zero-order valence-electron chi connectivity index (χ0n) is 16.2. The fraction of sp³-hybridized carbons (Fsp3) is 0.684. The number of aryl methyl sites for hydroxylation is 1. The molecule has 2 fully saturated rings. The third-order valence-corrected chi connectivity index (χ3v) is 5.00. The number of carbonyl (C=O) groups excluding carboxylic acids is 2. The maximum absolute atomic E-state index is 11.6. The van der Waals surface area contributed by atoms with Crippen LogP contribution in [-0.4, -0.2) is 70.9 Å². The number of likely N-dealkylation sites (tertiary alicyclic amines) is 2. The summed E-state index contributed by atoms with van der Waals surface area (Å²) in [6.45, 7) is 6.83. The van der Waals surface area contributed by atoms with E-state index < -0.39 is 0 Å². The fourth-order valence-electron chi connectivity index (χ4n) is 3.58. The largest absolute Gasteiger partial charge is 0.370 e. The highest BCUT2D eigenvalue weighted by molar-refractivity contribution is 5.78. The molecule has 0 radical (unpaired) electrons. The number of nitrogens with zero attached hydrogens (tertiary/aromatic N) is 4. The Kier molecular flexibility index (Phi) is 6.84. The van der Waals surface area contributed by atoms with Crippen molar-refractivity contribution in [2.24, 2.45) is 0 Å². The molecule has 8 heteroatoms. The molecule has 2 aliphatic rings. The first kappa shape index (κ1) is 19.4. The van der Waals surface area contributed by atoms with Gasteiger partial charge in [-0.25, -0.2) is 4.98 Å². The summed E-state index contributed by atoms with van der Waals surface area (Å²) in [5.41, 5.74) is 0.902. The number of aromatic nitrogens is 2. The zero-order valence-corrected chi connectivity index (χ0v) is 16.2. The third kappa shape index (κ3) is 5.80. The van der Waals surface area contributed by atoms with E-state index in [0.29, 0.717) is 18.8 Å². The molecule has 8 nitrogen and oxygen atoms in total. The molecule has 1 aromatic rings. The predicted octanol–water partition coefficient (Wildman–Crippen LogP) is 1.63. The quantitative estimate of drug-likeness (QED) is 0.605. The molecule has 2 amide bonds. The Labute approximate surface area is 160 Å². The van der Waals surface area contributed by atoms with Gasteiger partial charge in [0.1, 0.15) is 5.82 Å². The average molecular weight is 374 g/mol. The molecule has 0 bridgehead atoms. The molecule has 3 heterocycles. The van der Waals surface area contributed by atoms with Crippen LogP contribution in [0.25, 0.3) is 0 Å². The number of anilines is 2. The monoisotopic (exact) mass is 374 g/mol. The number of hydrogen-bond donors (Lipinski definition) is 2. The number of hydrogen-bond acceptors (Lipinski definition) is 6. The van der Waals surface area contributed by atoms with Crippen molar-refractivity contribution in [2.75, 3.05) is 49.9 Å². The molecular formula is C19H30N6O2. The van der Waals surface area contributed by atoms with Crippen LogP contribution in [0.4, 0.5) is 11.8 Å². The van der Waals surface area contributed by atoms with Gasteiger partial charge < -0.3 is 20.4 Å². The second kappa shape index (κ2) is 9.53. The van der Waals surface area contributed by atoms with Gasteiger partial charge in [-0.2, -0.15) is 4.98 Å². The second-order valence-corrected chi connectivity index (χ2v) is 7.25. The van der Waals surface area contributed by atoms with E-state index in [9.17, 15) is 9.59 Å². The van der Waals surface area contributed by atoms with Crippen molar-refractivity contribution in [1.29, 1.82) is 0 Å². The summed E-state index contributed by atoms with van der Waals surface area (Å²) in [4.78, 5) is 36.0. The van der Waals surface area contributed by atoms with Crippen LogP contribution < -0.4 is 10.6 Å². The molecule has 0 spiro atoms. The van der Waals surface area contributed by atoms with Gasteiger partial charge in [-0.1, -0.05) is 0 Å². The first-order chi connectivity index (χ1) is 13.1. The molecule has 0 aliphatic carbocycles. The van der Waals surface area contributed by atoms with E-state index in [0.717, 1.165) is 76.5 Å². The number of nitrogens with one attached hydrogen (secondary N) is 2. The Bertz CT molecular complexity index is 613. The van der Waals surface area contributed by atoms with Gasteiger partial charge in [0.15, 0.2) is 0 Å². The first-order valence-electron chi connectivity index (χ1n) is 10.0. The zero-order chi connectivity index (χ0) is 19.1. The van der Waals surface area contributed by atoms with Gasteiger partial charge in [-0.05, 0) is 32.6 Å². The van der Waals surface area contributed by atoms with Crippen LogP contribution in [0.1, 0.15) is 44.2 Å². The Balaban J connectivity index is 1.37. The van der Waals surface area contributed by atoms with Crippen LogP contribution in [0.2, 0.25) is 0 Å². The van der Waals surface area contributed by atoms with Crippen LogP contribution in [0.3, 0.4) is 0 Å². The lowest BCUT2D eigenvalue weighted by molar-refractivity contribution is -0.128. The summed E-state index contributed by atoms with van der Waals surface area (Å²) in [5, 5.41) is 6.58. The summed E-state index contributed by atoms with van der Waals surface area (Å²) in [5.74, 6) is 1.95. The Morgan fingerprint density at radius 3 is 2.07 bits per heavy atom. The minimum atomic E-state index is 0.268. The van der Waals surface area contributed by atoms with Crippen molar-refractivity contribution in [1.82, 2.24) is 19.8 Å². The van der Waals surface area contributed by atoms with Crippen molar-refractivity contribution in [3.63, 3.8) is 0 Å². The molecule has 3 rings (SSSR count). The Hall–Kier alpha value is -2.38. The molecule has 1 aromatic heterocycles. The van der Waals surface area contributed by atoms with E-state index in [1.54, 1.807) is 0 Å². The summed E-state index contributed by atoms with van der Waals surface area (Å²) in [6, 6.07) is 1.93. The number of carbonyl (C=O) groups is 2. The van der Waals surface area contributed by atoms with E-state index in [-0.39, 0.29) is 11.8 Å². The number of amides is 2. The third-order valence-electron chi connectivity index (χ3n) is 5.00. The van der Waals surface area contributed by atoms with Gasteiger partial charge >= 0.3 is 0 Å². The molecule has 0 unspecified atom stereocenters. The second-order valence-electron chi connectivity index (χ2n) is 7.25. The molecular weight excluding hydrogens is 344 g/mol. The van der Waals surface area contributed by atoms with Crippen molar-refractivity contribution >= 4 is 23.6 Å². The molecule has 27 heavy (non-hydrogen) atoms. The van der Waals surface area contributed by atoms with Crippen molar-refractivity contribution in [3.8, 4) is 0 Å². The molecule has 2 aliphatic heterocycles. The van der Waals surface area contributed by atoms with E-state index in [2.05, 4.69) is 20.6 Å². The predicted molar refractivity (Wildman–Crippen MR) is 105 cm³/mol. The fourth-order valence-corrected chi connectivity index (χ4v) is 3.58. The summed E-state index contributed by atoms with van der Waals surface area (Å²) >= 11 is 0. The molecule has 2 saturated heterocycles. The van der Waals surface area contributed by atoms with E-state index in [1.165, 1.54) is 0 Å². The first-order valence-corrected chi connectivity index (χ1v) is 10.0. The smallest absolute Gasteiger partial charge is 0.224 e. The molecule has 0 aromatic carbocycles. The maximum Gasteiger partial charge on any atom is 0.224 e. The van der Waals surface area contributed by atoms with Crippen LogP contribution in [0.5, 0.6) is 0 Å². The Morgan fingerprint density at radius 1 is 0.926 bits per heavy atom. The lowest BCUT2D eigenvalue weighted by atomic mass is 10.3. The minimum absolute atomic E-state index is 0.268. The van der Waals surface area contributed by atoms with Crippen molar-refractivity contribution < 1.29 is 9.59 Å². The van der Waals surface area contributed by atoms with Crippen LogP contribution in [-0.2, 0) is 9.59 Å². The van der Waals surface area contributed by atoms with Gasteiger partial charge in [0.2, 0.25) is 17.8 Å². The highest BCUT2D eigenvalue weighted by atomic mass is 16.2. The van der Waals surface area contributed by atoms with Gasteiger partial charge in [0.25, 0.3) is 0 Å². The van der Waals surface area contributed by atoms with Crippen LogP contribution >= 0.6 is 0 Å². The lowest BCUT2D eigenvalue weighted by Gasteiger charge is -2.16. The van der Waals surface area contributed by atoms with E-state index >= 15 is 0 Å². The molecule has 2 N–H and O–H groups in total.